The summed E-state index contributed by atoms with van der Waals surface area (Å²) in [6.07, 6.45) is 2.06. The summed E-state index contributed by atoms with van der Waals surface area (Å²) in [4.78, 5) is 11.8. The minimum Gasteiger partial charge on any atom is -0.359 e. The third-order valence-corrected chi connectivity index (χ3v) is 3.67. The van der Waals surface area contributed by atoms with E-state index in [0.29, 0.717) is 0 Å². The smallest absolute Gasteiger partial charge is 0.245 e. The molecule has 0 aromatic heterocycles. The Morgan fingerprint density at radius 2 is 1.75 bits per heavy atom. The molecule has 0 heterocycles. The van der Waals surface area contributed by atoms with Gasteiger partial charge in [0.2, 0.25) is 11.4 Å². The van der Waals surface area contributed by atoms with Gasteiger partial charge in [0.05, 0.1) is 11.3 Å². The van der Waals surface area contributed by atoms with Crippen molar-refractivity contribution in [2.24, 2.45) is 16.7 Å². The van der Waals surface area contributed by atoms with Crippen molar-refractivity contribution in [3.05, 3.63) is 17.6 Å². The number of hydrogen-bond donors (Lipinski definition) is 1. The maximum absolute atomic E-state index is 11.8. The fourth-order valence-corrected chi connectivity index (χ4v) is 2.73. The molecule has 2 unspecified atom stereocenters. The SMILES string of the molecule is CC(C)(C)C1=C[C+](C(C)(C)C)C2C(=O)C12O. The Labute approximate surface area is 97.7 Å². The van der Waals surface area contributed by atoms with Crippen LogP contribution in [0.4, 0.5) is 0 Å². The van der Waals surface area contributed by atoms with Crippen LogP contribution >= 0.6 is 0 Å². The van der Waals surface area contributed by atoms with Crippen LogP contribution in [0, 0.1) is 22.7 Å². The van der Waals surface area contributed by atoms with Crippen LogP contribution in [0.2, 0.25) is 0 Å². The van der Waals surface area contributed by atoms with E-state index in [9.17, 15) is 9.90 Å². The van der Waals surface area contributed by atoms with Gasteiger partial charge in [-0.25, -0.2) is 0 Å². The zero-order valence-corrected chi connectivity index (χ0v) is 11.0. The summed E-state index contributed by atoms with van der Waals surface area (Å²) in [6, 6.07) is 0. The number of Topliss-reactive ketones (excluding diaryl/α,β-unsaturated/α-hetero) is 1. The Bertz CT molecular complexity index is 379. The van der Waals surface area contributed by atoms with Crippen molar-refractivity contribution in [2.45, 2.75) is 47.1 Å². The molecule has 2 heteroatoms. The lowest BCUT2D eigenvalue weighted by atomic mass is 9.77. The van der Waals surface area contributed by atoms with E-state index in [1.165, 1.54) is 0 Å². The van der Waals surface area contributed by atoms with Crippen molar-refractivity contribution in [2.75, 3.05) is 0 Å². The fourth-order valence-electron chi connectivity index (χ4n) is 2.73. The molecule has 0 aromatic rings. The molecule has 0 aliphatic heterocycles. The molecule has 0 radical (unpaired) electrons. The van der Waals surface area contributed by atoms with E-state index in [4.69, 9.17) is 0 Å². The molecule has 2 rings (SSSR count). The number of hydrogen-bond acceptors (Lipinski definition) is 2. The number of rotatable bonds is 0. The highest BCUT2D eigenvalue weighted by molar-refractivity contribution is 6.14. The van der Waals surface area contributed by atoms with E-state index in [1.807, 2.05) is 20.8 Å². The average Bonchev–Trinajstić information content (AvgIpc) is 2.48. The summed E-state index contributed by atoms with van der Waals surface area (Å²) in [5.74, 6) is 0.816. The number of ketones is 1. The molecule has 2 nitrogen and oxygen atoms in total. The first-order valence-electron chi connectivity index (χ1n) is 5.87. The van der Waals surface area contributed by atoms with E-state index in [2.05, 4.69) is 26.8 Å². The maximum atomic E-state index is 11.8. The molecular formula is C14H21O2+. The summed E-state index contributed by atoms with van der Waals surface area (Å²) < 4.78 is 0. The summed E-state index contributed by atoms with van der Waals surface area (Å²) in [7, 11) is 0. The Morgan fingerprint density at radius 1 is 1.25 bits per heavy atom. The molecule has 1 fully saturated rings. The van der Waals surface area contributed by atoms with E-state index < -0.39 is 5.60 Å². The first-order chi connectivity index (χ1) is 7.00. The predicted octanol–water partition coefficient (Wildman–Crippen LogP) is 2.52. The van der Waals surface area contributed by atoms with Gasteiger partial charge in [0.25, 0.3) is 0 Å². The van der Waals surface area contributed by atoms with Crippen LogP contribution in [0.3, 0.4) is 0 Å². The van der Waals surface area contributed by atoms with Gasteiger partial charge in [-0.3, -0.25) is 4.79 Å². The van der Waals surface area contributed by atoms with Crippen molar-refractivity contribution < 1.29 is 9.90 Å². The van der Waals surface area contributed by atoms with Crippen molar-refractivity contribution >= 4 is 5.78 Å². The summed E-state index contributed by atoms with van der Waals surface area (Å²) in [5.41, 5.74) is -0.468. The van der Waals surface area contributed by atoms with E-state index in [0.717, 1.165) is 11.5 Å². The van der Waals surface area contributed by atoms with Crippen molar-refractivity contribution in [1.82, 2.24) is 0 Å². The molecule has 2 aliphatic carbocycles. The number of aliphatic hydroxyl groups is 1. The number of carbonyl (C=O) groups is 1. The van der Waals surface area contributed by atoms with E-state index in [1.54, 1.807) is 0 Å². The van der Waals surface area contributed by atoms with Gasteiger partial charge in [-0.15, -0.1) is 0 Å². The molecule has 0 spiro atoms. The topological polar surface area (TPSA) is 37.3 Å². The molecule has 1 saturated carbocycles. The molecular weight excluding hydrogens is 200 g/mol. The zero-order valence-electron chi connectivity index (χ0n) is 11.0. The Morgan fingerprint density at radius 3 is 2.00 bits per heavy atom. The van der Waals surface area contributed by atoms with Gasteiger partial charge >= 0.3 is 0 Å². The second kappa shape index (κ2) is 2.73. The highest BCUT2D eigenvalue weighted by atomic mass is 16.3. The van der Waals surface area contributed by atoms with Crippen LogP contribution in [0.5, 0.6) is 0 Å². The quantitative estimate of drug-likeness (QED) is 0.638. The summed E-state index contributed by atoms with van der Waals surface area (Å²) in [5, 5.41) is 10.4. The number of allylic oxidation sites excluding steroid dienone is 1. The molecule has 2 atom stereocenters. The minimum atomic E-state index is -1.17. The minimum absolute atomic E-state index is 0.00940. The number of carbonyl (C=O) groups excluding carboxylic acids is 1. The van der Waals surface area contributed by atoms with Gasteiger partial charge in [0.1, 0.15) is 11.6 Å². The molecule has 16 heavy (non-hydrogen) atoms. The maximum Gasteiger partial charge on any atom is 0.245 e. The van der Waals surface area contributed by atoms with Crippen LogP contribution in [0.15, 0.2) is 11.6 Å². The number of fused-ring (bicyclic) bond motifs is 1. The van der Waals surface area contributed by atoms with Gasteiger partial charge in [-0.1, -0.05) is 0 Å². The first-order valence-corrected chi connectivity index (χ1v) is 5.87. The molecule has 1 N–H and O–H groups in total. The third kappa shape index (κ3) is 1.29. The second-order valence-corrected chi connectivity index (χ2v) is 7.08. The Kier molecular flexibility index (Phi) is 2.00. The van der Waals surface area contributed by atoms with Gasteiger partial charge in [0.15, 0.2) is 5.92 Å². The van der Waals surface area contributed by atoms with E-state index in [-0.39, 0.29) is 22.5 Å². The zero-order chi connectivity index (χ0) is 12.5. The van der Waals surface area contributed by atoms with Gasteiger partial charge in [-0.05, 0) is 41.5 Å². The Hall–Kier alpha value is -0.760. The summed E-state index contributed by atoms with van der Waals surface area (Å²) >= 11 is 0. The van der Waals surface area contributed by atoms with Gasteiger partial charge in [0, 0.05) is 5.41 Å². The normalized spacial score (nSPS) is 33.9. The lowest BCUT2D eigenvalue weighted by molar-refractivity contribution is -0.115. The fraction of sp³-hybridized carbons (Fsp3) is 0.714. The summed E-state index contributed by atoms with van der Waals surface area (Å²) in [6.45, 7) is 12.4. The largest absolute Gasteiger partial charge is 0.359 e. The molecule has 2 aliphatic rings. The molecule has 0 aromatic carbocycles. The van der Waals surface area contributed by atoms with Crippen LogP contribution in [-0.2, 0) is 4.79 Å². The van der Waals surface area contributed by atoms with Crippen molar-refractivity contribution in [3.8, 4) is 0 Å². The standard InChI is InChI=1S/C14H21O2/c1-12(2,3)8-7-9(13(4,5)6)14(16)10(8)11(14)15/h7,10,16H,1-6H3/q+1. The van der Waals surface area contributed by atoms with E-state index >= 15 is 0 Å². The molecule has 0 bridgehead atoms. The van der Waals surface area contributed by atoms with Gasteiger partial charge < -0.3 is 5.11 Å². The monoisotopic (exact) mass is 221 g/mol. The van der Waals surface area contributed by atoms with Crippen LogP contribution < -0.4 is 0 Å². The van der Waals surface area contributed by atoms with Crippen LogP contribution in [-0.4, -0.2) is 16.5 Å². The average molecular weight is 221 g/mol. The molecule has 0 saturated heterocycles. The second-order valence-electron chi connectivity index (χ2n) is 7.08. The molecule has 0 amide bonds. The van der Waals surface area contributed by atoms with Crippen LogP contribution in [0.1, 0.15) is 41.5 Å². The lowest BCUT2D eigenvalue weighted by Crippen LogP contribution is -2.24. The third-order valence-electron chi connectivity index (χ3n) is 3.67. The van der Waals surface area contributed by atoms with Crippen LogP contribution in [0.25, 0.3) is 0 Å². The first kappa shape index (κ1) is 11.7. The van der Waals surface area contributed by atoms with Crippen molar-refractivity contribution in [3.63, 3.8) is 0 Å². The van der Waals surface area contributed by atoms with Crippen molar-refractivity contribution in [1.29, 1.82) is 0 Å². The molecule has 88 valence electrons. The van der Waals surface area contributed by atoms with Gasteiger partial charge in [-0.2, -0.15) is 0 Å². The predicted molar refractivity (Wildman–Crippen MR) is 63.7 cm³/mol. The highest BCUT2D eigenvalue weighted by Gasteiger charge is 2.82. The highest BCUT2D eigenvalue weighted by Crippen LogP contribution is 2.64. The Balaban J connectivity index is 2.44. The lowest BCUT2D eigenvalue weighted by Gasteiger charge is -2.19.